The topological polar surface area (TPSA) is 12.0 Å². The van der Waals surface area contributed by atoms with Gasteiger partial charge in [-0.25, -0.2) is 0 Å². The van der Waals surface area contributed by atoms with Crippen molar-refractivity contribution in [3.05, 3.63) is 21.9 Å². The van der Waals surface area contributed by atoms with Crippen molar-refractivity contribution in [3.63, 3.8) is 0 Å². The molecule has 14 heavy (non-hydrogen) atoms. The summed E-state index contributed by atoms with van der Waals surface area (Å²) in [5, 5.41) is 3.47. The summed E-state index contributed by atoms with van der Waals surface area (Å²) in [6.07, 6.45) is 1.28. The van der Waals surface area contributed by atoms with E-state index in [1.54, 1.807) is 0 Å². The van der Waals surface area contributed by atoms with E-state index in [4.69, 9.17) is 0 Å². The van der Waals surface area contributed by atoms with Crippen molar-refractivity contribution in [1.82, 2.24) is 5.32 Å². The molecule has 0 radical (unpaired) electrons. The Bertz CT molecular complexity index is 245. The maximum absolute atomic E-state index is 3.47. The van der Waals surface area contributed by atoms with Crippen LogP contribution in [-0.4, -0.2) is 18.1 Å². The van der Waals surface area contributed by atoms with E-state index in [2.05, 4.69) is 31.3 Å². The van der Waals surface area contributed by atoms with Crippen LogP contribution in [0.15, 0.2) is 12.1 Å². The smallest absolute Gasteiger partial charge is 0.0299 e. The molecule has 1 nitrogen and oxygen atoms in total. The Morgan fingerprint density at radius 1 is 1.43 bits per heavy atom. The van der Waals surface area contributed by atoms with Gasteiger partial charge in [-0.15, -0.1) is 11.3 Å². The summed E-state index contributed by atoms with van der Waals surface area (Å²) in [6, 6.07) is 4.41. The van der Waals surface area contributed by atoms with E-state index in [1.165, 1.54) is 27.7 Å². The van der Waals surface area contributed by atoms with Crippen molar-refractivity contribution in [2.45, 2.75) is 26.8 Å². The molecule has 1 N–H and O–H groups in total. The van der Waals surface area contributed by atoms with Gasteiger partial charge in [-0.2, -0.15) is 11.8 Å². The van der Waals surface area contributed by atoms with Crippen LogP contribution in [0.3, 0.4) is 0 Å². The van der Waals surface area contributed by atoms with Gasteiger partial charge in [0.15, 0.2) is 0 Å². The summed E-state index contributed by atoms with van der Waals surface area (Å²) in [6.45, 7) is 6.55. The normalized spacial score (nSPS) is 10.7. The van der Waals surface area contributed by atoms with Crippen LogP contribution in [0.4, 0.5) is 0 Å². The summed E-state index contributed by atoms with van der Waals surface area (Å²) in [5.74, 6) is 2.52. The SMILES string of the molecule is CCSCCCNCc1ccc(C)s1. The molecular weight excluding hydrogens is 210 g/mol. The van der Waals surface area contributed by atoms with Crippen molar-refractivity contribution >= 4 is 23.1 Å². The lowest BCUT2D eigenvalue weighted by molar-refractivity contribution is 0.685. The number of thioether (sulfide) groups is 1. The molecule has 0 saturated carbocycles. The predicted molar refractivity (Wildman–Crippen MR) is 68.4 cm³/mol. The van der Waals surface area contributed by atoms with Gasteiger partial charge in [0.2, 0.25) is 0 Å². The lowest BCUT2D eigenvalue weighted by Crippen LogP contribution is -2.14. The molecule has 80 valence electrons. The minimum atomic E-state index is 1.04. The van der Waals surface area contributed by atoms with Crippen LogP contribution in [0.2, 0.25) is 0 Å². The fourth-order valence-electron chi connectivity index (χ4n) is 1.24. The number of nitrogens with one attached hydrogen (secondary N) is 1. The fraction of sp³-hybridized carbons (Fsp3) is 0.636. The molecule has 0 saturated heterocycles. The molecule has 0 aliphatic rings. The average molecular weight is 229 g/mol. The van der Waals surface area contributed by atoms with Gasteiger partial charge < -0.3 is 5.32 Å². The minimum absolute atomic E-state index is 1.04. The number of thiophene rings is 1. The lowest BCUT2D eigenvalue weighted by atomic mass is 10.4. The fourth-order valence-corrected chi connectivity index (χ4v) is 2.73. The zero-order chi connectivity index (χ0) is 10.2. The average Bonchev–Trinajstić information content (AvgIpc) is 2.58. The van der Waals surface area contributed by atoms with E-state index in [9.17, 15) is 0 Å². The molecule has 1 aromatic rings. The number of rotatable bonds is 7. The van der Waals surface area contributed by atoms with E-state index in [1.807, 2.05) is 23.1 Å². The molecule has 0 bridgehead atoms. The summed E-state index contributed by atoms with van der Waals surface area (Å²) in [5.41, 5.74) is 0. The molecule has 1 heterocycles. The molecule has 3 heteroatoms. The molecule has 1 aromatic heterocycles. The number of hydrogen-bond donors (Lipinski definition) is 1. The molecule has 0 aliphatic heterocycles. The highest BCUT2D eigenvalue weighted by Crippen LogP contribution is 2.14. The predicted octanol–water partition coefficient (Wildman–Crippen LogP) is 3.29. The highest BCUT2D eigenvalue weighted by Gasteiger charge is 1.95. The van der Waals surface area contributed by atoms with E-state index in [-0.39, 0.29) is 0 Å². The van der Waals surface area contributed by atoms with Gasteiger partial charge in [0.25, 0.3) is 0 Å². The molecule has 0 spiro atoms. The second-order valence-electron chi connectivity index (χ2n) is 3.24. The van der Waals surface area contributed by atoms with Gasteiger partial charge in [-0.05, 0) is 43.5 Å². The molecule has 0 atom stereocenters. The monoisotopic (exact) mass is 229 g/mol. The minimum Gasteiger partial charge on any atom is -0.312 e. The lowest BCUT2D eigenvalue weighted by Gasteiger charge is -2.01. The number of aryl methyl sites for hydroxylation is 1. The molecule has 0 fully saturated rings. The Morgan fingerprint density at radius 2 is 2.29 bits per heavy atom. The molecule has 0 aliphatic carbocycles. The first kappa shape index (κ1) is 12.1. The maximum atomic E-state index is 3.47. The molecule has 1 rings (SSSR count). The van der Waals surface area contributed by atoms with Crippen molar-refractivity contribution in [2.24, 2.45) is 0 Å². The van der Waals surface area contributed by atoms with Gasteiger partial charge in [0, 0.05) is 16.3 Å². The van der Waals surface area contributed by atoms with Crippen molar-refractivity contribution in [3.8, 4) is 0 Å². The second kappa shape index (κ2) is 7.32. The van der Waals surface area contributed by atoms with Gasteiger partial charge >= 0.3 is 0 Å². The van der Waals surface area contributed by atoms with E-state index in [0.29, 0.717) is 0 Å². The quantitative estimate of drug-likeness (QED) is 0.720. The third-order valence-corrected chi connectivity index (χ3v) is 3.93. The van der Waals surface area contributed by atoms with Crippen LogP contribution in [0, 0.1) is 6.92 Å². The third kappa shape index (κ3) is 5.03. The van der Waals surface area contributed by atoms with E-state index < -0.39 is 0 Å². The van der Waals surface area contributed by atoms with Crippen LogP contribution in [0.5, 0.6) is 0 Å². The Hall–Kier alpha value is 0.01000. The van der Waals surface area contributed by atoms with Crippen LogP contribution in [0.25, 0.3) is 0 Å². The molecular formula is C11H19NS2. The highest BCUT2D eigenvalue weighted by molar-refractivity contribution is 7.99. The first-order valence-corrected chi connectivity index (χ1v) is 7.14. The van der Waals surface area contributed by atoms with Gasteiger partial charge in [-0.1, -0.05) is 6.92 Å². The van der Waals surface area contributed by atoms with Gasteiger partial charge in [0.05, 0.1) is 0 Å². The van der Waals surface area contributed by atoms with E-state index in [0.717, 1.165) is 13.1 Å². The van der Waals surface area contributed by atoms with Crippen molar-refractivity contribution in [2.75, 3.05) is 18.1 Å². The van der Waals surface area contributed by atoms with Gasteiger partial charge in [-0.3, -0.25) is 0 Å². The summed E-state index contributed by atoms with van der Waals surface area (Å²) in [7, 11) is 0. The van der Waals surface area contributed by atoms with Crippen LogP contribution < -0.4 is 5.32 Å². The van der Waals surface area contributed by atoms with Crippen molar-refractivity contribution < 1.29 is 0 Å². The molecule has 0 unspecified atom stereocenters. The zero-order valence-corrected chi connectivity index (χ0v) is 10.6. The Labute approximate surface area is 95.3 Å². The summed E-state index contributed by atoms with van der Waals surface area (Å²) in [4.78, 5) is 2.86. The Kier molecular flexibility index (Phi) is 6.32. The Balaban J connectivity index is 1.99. The first-order valence-electron chi connectivity index (χ1n) is 5.16. The zero-order valence-electron chi connectivity index (χ0n) is 9.01. The molecule has 0 amide bonds. The standard InChI is InChI=1S/C11H19NS2/c1-3-13-8-4-7-12-9-11-6-5-10(2)14-11/h5-6,12H,3-4,7-9H2,1-2H3. The second-order valence-corrected chi connectivity index (χ2v) is 6.01. The summed E-state index contributed by atoms with van der Waals surface area (Å²) >= 11 is 3.91. The van der Waals surface area contributed by atoms with Crippen LogP contribution in [0.1, 0.15) is 23.1 Å². The molecule has 0 aromatic carbocycles. The van der Waals surface area contributed by atoms with Crippen molar-refractivity contribution in [1.29, 1.82) is 0 Å². The van der Waals surface area contributed by atoms with Gasteiger partial charge in [0.1, 0.15) is 0 Å². The van der Waals surface area contributed by atoms with E-state index >= 15 is 0 Å². The number of hydrogen-bond acceptors (Lipinski definition) is 3. The largest absolute Gasteiger partial charge is 0.312 e. The Morgan fingerprint density at radius 3 is 2.93 bits per heavy atom. The summed E-state index contributed by atoms with van der Waals surface area (Å²) < 4.78 is 0. The maximum Gasteiger partial charge on any atom is 0.0299 e. The van der Waals surface area contributed by atoms with Crippen LogP contribution >= 0.6 is 23.1 Å². The third-order valence-electron chi connectivity index (χ3n) is 1.94. The first-order chi connectivity index (χ1) is 6.83. The highest BCUT2D eigenvalue weighted by atomic mass is 32.2. The van der Waals surface area contributed by atoms with Crippen LogP contribution in [-0.2, 0) is 6.54 Å².